The van der Waals surface area contributed by atoms with E-state index in [9.17, 15) is 4.79 Å². The predicted molar refractivity (Wildman–Crippen MR) is 109 cm³/mol. The molecular formula is C23H34N2O. The van der Waals surface area contributed by atoms with E-state index in [-0.39, 0.29) is 5.91 Å². The fraction of sp³-hybridized carbons (Fsp3) is 0.609. The Morgan fingerprint density at radius 3 is 2.19 bits per heavy atom. The van der Waals surface area contributed by atoms with Gasteiger partial charge in [-0.05, 0) is 24.5 Å². The Hall–Kier alpha value is -1.77. The molecule has 1 fully saturated rings. The quantitative estimate of drug-likeness (QED) is 0.775. The van der Waals surface area contributed by atoms with Crippen molar-refractivity contribution in [3.63, 3.8) is 0 Å². The Balaban J connectivity index is 1.57. The van der Waals surface area contributed by atoms with Crippen LogP contribution in [0.2, 0.25) is 0 Å². The monoisotopic (exact) mass is 354 g/mol. The highest BCUT2D eigenvalue weighted by molar-refractivity contribution is 5.89. The molecule has 1 aromatic carbocycles. The number of rotatable bonds is 3. The molecule has 1 saturated carbocycles. The summed E-state index contributed by atoms with van der Waals surface area (Å²) in [5.74, 6) is 0.179. The Morgan fingerprint density at radius 2 is 1.54 bits per heavy atom. The highest BCUT2D eigenvalue weighted by Crippen LogP contribution is 2.21. The van der Waals surface area contributed by atoms with Crippen molar-refractivity contribution >= 4 is 16.8 Å². The molecule has 1 aliphatic rings. The number of nitrogens with zero attached hydrogens (tertiary/aromatic N) is 1. The minimum atomic E-state index is 0.179. The molecule has 3 nitrogen and oxygen atoms in total. The standard InChI is InChI=1S/C23H34N2O/c1-25-18-19(21-15-11-12-16-22(21)25)17-23(26)24-20-13-9-7-5-3-2-4-6-8-10-14-20/h11-12,15-16,18,20H,2-10,13-14,17H2,1H3,(H,24,26). The first-order valence-corrected chi connectivity index (χ1v) is 10.6. The summed E-state index contributed by atoms with van der Waals surface area (Å²) < 4.78 is 2.12. The van der Waals surface area contributed by atoms with Crippen LogP contribution < -0.4 is 5.32 Å². The van der Waals surface area contributed by atoms with Crippen molar-refractivity contribution in [2.75, 3.05) is 0 Å². The van der Waals surface area contributed by atoms with Crippen molar-refractivity contribution in [3.8, 4) is 0 Å². The van der Waals surface area contributed by atoms with Crippen molar-refractivity contribution < 1.29 is 4.79 Å². The molecule has 0 aliphatic heterocycles. The summed E-state index contributed by atoms with van der Waals surface area (Å²) in [5.41, 5.74) is 2.33. The van der Waals surface area contributed by atoms with E-state index in [4.69, 9.17) is 0 Å². The van der Waals surface area contributed by atoms with Crippen LogP contribution in [0.1, 0.15) is 76.2 Å². The molecule has 26 heavy (non-hydrogen) atoms. The van der Waals surface area contributed by atoms with Gasteiger partial charge in [-0.1, -0.05) is 76.0 Å². The number of hydrogen-bond acceptors (Lipinski definition) is 1. The summed E-state index contributed by atoms with van der Waals surface area (Å²) >= 11 is 0. The fourth-order valence-electron chi connectivity index (χ4n) is 4.33. The Kier molecular flexibility index (Phi) is 7.16. The number of benzene rings is 1. The lowest BCUT2D eigenvalue weighted by atomic mass is 9.97. The second kappa shape index (κ2) is 9.80. The van der Waals surface area contributed by atoms with Gasteiger partial charge < -0.3 is 9.88 Å². The molecule has 0 unspecified atom stereocenters. The summed E-state index contributed by atoms with van der Waals surface area (Å²) in [7, 11) is 2.05. The van der Waals surface area contributed by atoms with Crippen LogP contribution in [0.25, 0.3) is 10.9 Å². The largest absolute Gasteiger partial charge is 0.353 e. The lowest BCUT2D eigenvalue weighted by molar-refractivity contribution is -0.121. The molecule has 0 radical (unpaired) electrons. The normalized spacial score (nSPS) is 18.2. The molecule has 3 heteroatoms. The number of hydrogen-bond donors (Lipinski definition) is 1. The Bertz CT molecular complexity index is 691. The summed E-state index contributed by atoms with van der Waals surface area (Å²) in [5, 5.41) is 4.54. The van der Waals surface area contributed by atoms with Gasteiger partial charge in [0.2, 0.25) is 5.91 Å². The predicted octanol–water partition coefficient (Wildman–Crippen LogP) is 5.51. The van der Waals surface area contributed by atoms with Crippen LogP contribution in [0.4, 0.5) is 0 Å². The lowest BCUT2D eigenvalue weighted by Crippen LogP contribution is -2.35. The summed E-state index contributed by atoms with van der Waals surface area (Å²) in [6.45, 7) is 0. The second-order valence-electron chi connectivity index (χ2n) is 7.98. The molecule has 1 N–H and O–H groups in total. The Labute approximate surface area is 158 Å². The number of nitrogens with one attached hydrogen (secondary N) is 1. The van der Waals surface area contributed by atoms with Gasteiger partial charge in [-0.15, -0.1) is 0 Å². The SMILES string of the molecule is Cn1cc(CC(=O)NC2CCCCCCCCCCC2)c2ccccc21. The Morgan fingerprint density at radius 1 is 0.962 bits per heavy atom. The number of aryl methyl sites for hydroxylation is 1. The fourth-order valence-corrected chi connectivity index (χ4v) is 4.33. The van der Waals surface area contributed by atoms with Gasteiger partial charge in [0.25, 0.3) is 0 Å². The zero-order chi connectivity index (χ0) is 18.2. The maximum atomic E-state index is 12.7. The molecule has 0 atom stereocenters. The number of aromatic nitrogens is 1. The van der Waals surface area contributed by atoms with E-state index in [0.717, 1.165) is 18.4 Å². The lowest BCUT2D eigenvalue weighted by Gasteiger charge is -2.19. The van der Waals surface area contributed by atoms with Gasteiger partial charge in [-0.3, -0.25) is 4.79 Å². The van der Waals surface area contributed by atoms with Crippen LogP contribution in [-0.2, 0) is 18.3 Å². The molecule has 142 valence electrons. The summed E-state index contributed by atoms with van der Waals surface area (Å²) in [4.78, 5) is 12.7. The maximum Gasteiger partial charge on any atom is 0.224 e. The number of amides is 1. The van der Waals surface area contributed by atoms with Crippen molar-refractivity contribution in [3.05, 3.63) is 36.0 Å². The molecule has 3 rings (SSSR count). The number of fused-ring (bicyclic) bond motifs is 1. The van der Waals surface area contributed by atoms with Crippen LogP contribution in [0, 0.1) is 0 Å². The first-order valence-electron chi connectivity index (χ1n) is 10.6. The minimum absolute atomic E-state index is 0.179. The van der Waals surface area contributed by atoms with Crippen molar-refractivity contribution in [2.24, 2.45) is 7.05 Å². The van der Waals surface area contributed by atoms with E-state index in [2.05, 4.69) is 47.4 Å². The van der Waals surface area contributed by atoms with E-state index in [1.165, 1.54) is 68.7 Å². The third-order valence-electron chi connectivity index (χ3n) is 5.80. The molecule has 1 aromatic heterocycles. The smallest absolute Gasteiger partial charge is 0.224 e. The highest BCUT2D eigenvalue weighted by atomic mass is 16.1. The molecule has 2 aromatic rings. The van der Waals surface area contributed by atoms with Crippen LogP contribution in [0.15, 0.2) is 30.5 Å². The van der Waals surface area contributed by atoms with Crippen LogP contribution in [-0.4, -0.2) is 16.5 Å². The number of para-hydroxylation sites is 1. The molecular weight excluding hydrogens is 320 g/mol. The average molecular weight is 355 g/mol. The third-order valence-corrected chi connectivity index (χ3v) is 5.80. The van der Waals surface area contributed by atoms with Crippen LogP contribution in [0.3, 0.4) is 0 Å². The van der Waals surface area contributed by atoms with E-state index < -0.39 is 0 Å². The van der Waals surface area contributed by atoms with Gasteiger partial charge in [0, 0.05) is 30.2 Å². The van der Waals surface area contributed by atoms with E-state index in [1.54, 1.807) is 0 Å². The minimum Gasteiger partial charge on any atom is -0.353 e. The van der Waals surface area contributed by atoms with E-state index in [0.29, 0.717) is 12.5 Å². The van der Waals surface area contributed by atoms with Crippen LogP contribution >= 0.6 is 0 Å². The molecule has 1 heterocycles. The molecule has 1 amide bonds. The maximum absolute atomic E-state index is 12.7. The zero-order valence-electron chi connectivity index (χ0n) is 16.3. The molecule has 1 aliphatic carbocycles. The van der Waals surface area contributed by atoms with Gasteiger partial charge in [0.05, 0.1) is 6.42 Å². The van der Waals surface area contributed by atoms with Crippen molar-refractivity contribution in [1.82, 2.24) is 9.88 Å². The number of carbonyl (C=O) groups is 1. The second-order valence-corrected chi connectivity index (χ2v) is 7.98. The molecule has 0 saturated heterocycles. The zero-order valence-corrected chi connectivity index (χ0v) is 16.3. The van der Waals surface area contributed by atoms with Crippen molar-refractivity contribution in [1.29, 1.82) is 0 Å². The number of carbonyl (C=O) groups excluding carboxylic acids is 1. The van der Waals surface area contributed by atoms with E-state index in [1.807, 2.05) is 0 Å². The van der Waals surface area contributed by atoms with Gasteiger partial charge in [-0.25, -0.2) is 0 Å². The van der Waals surface area contributed by atoms with Gasteiger partial charge in [0.1, 0.15) is 0 Å². The first kappa shape index (κ1) is 19.0. The third kappa shape index (κ3) is 5.36. The molecule has 0 spiro atoms. The van der Waals surface area contributed by atoms with Crippen molar-refractivity contribution in [2.45, 2.75) is 83.1 Å². The van der Waals surface area contributed by atoms with E-state index >= 15 is 0 Å². The average Bonchev–Trinajstić information content (AvgIpc) is 2.93. The van der Waals surface area contributed by atoms with Gasteiger partial charge in [0.15, 0.2) is 0 Å². The summed E-state index contributed by atoms with van der Waals surface area (Å²) in [6, 6.07) is 8.70. The topological polar surface area (TPSA) is 34.0 Å². The first-order chi connectivity index (χ1) is 12.7. The van der Waals surface area contributed by atoms with Crippen LogP contribution in [0.5, 0.6) is 0 Å². The highest BCUT2D eigenvalue weighted by Gasteiger charge is 2.15. The summed E-state index contributed by atoms with van der Waals surface area (Å²) in [6.07, 6.45) is 16.9. The van der Waals surface area contributed by atoms with Gasteiger partial charge in [-0.2, -0.15) is 0 Å². The molecule has 0 bridgehead atoms. The van der Waals surface area contributed by atoms with Gasteiger partial charge >= 0.3 is 0 Å².